The molecular weight excluding hydrogens is 294 g/mol. The number of carbonyl (C=O) groups is 1. The minimum atomic E-state index is -1.05. The monoisotopic (exact) mass is 309 g/mol. The number of hydrogen-bond donors (Lipinski definition) is 1. The van der Waals surface area contributed by atoms with Crippen molar-refractivity contribution in [2.75, 3.05) is 6.61 Å². The second kappa shape index (κ2) is 7.08. The van der Waals surface area contributed by atoms with Crippen molar-refractivity contribution in [2.24, 2.45) is 0 Å². The molecule has 0 spiro atoms. The number of rotatable bonds is 7. The molecule has 0 radical (unpaired) electrons. The topological polar surface area (TPSA) is 77.2 Å². The maximum absolute atomic E-state index is 10.8. The third-order valence-electron chi connectivity index (χ3n) is 3.03. The van der Waals surface area contributed by atoms with Crippen molar-refractivity contribution >= 4 is 17.6 Å². The Morgan fingerprint density at radius 1 is 1.33 bits per heavy atom. The third-order valence-corrected chi connectivity index (χ3v) is 3.28. The van der Waals surface area contributed by atoms with Crippen LogP contribution in [0, 0.1) is 6.92 Å². The lowest BCUT2D eigenvalue weighted by Crippen LogP contribution is -2.06. The number of carboxylic acids is 1. The fraction of sp³-hybridized carbons (Fsp3) is 0.357. The van der Waals surface area contributed by atoms with Gasteiger partial charge in [0.2, 0.25) is 0 Å². The minimum absolute atomic E-state index is 0.00687. The van der Waals surface area contributed by atoms with Crippen LogP contribution in [0.15, 0.2) is 24.3 Å². The highest BCUT2D eigenvalue weighted by Crippen LogP contribution is 2.15. The smallest absolute Gasteiger partial charge is 0.358 e. The van der Waals surface area contributed by atoms with Crippen molar-refractivity contribution in [2.45, 2.75) is 26.3 Å². The Bertz CT molecular complexity index is 610. The SMILES string of the molecule is Cc1c(C(=O)O)nnn1CCCCOc1ccc(Cl)cc1. The van der Waals surface area contributed by atoms with Gasteiger partial charge in [-0.1, -0.05) is 16.8 Å². The van der Waals surface area contributed by atoms with Crippen LogP contribution in [-0.4, -0.2) is 32.7 Å². The van der Waals surface area contributed by atoms with E-state index in [1.807, 2.05) is 12.1 Å². The molecule has 0 aliphatic carbocycles. The molecule has 21 heavy (non-hydrogen) atoms. The molecule has 1 N–H and O–H groups in total. The zero-order valence-electron chi connectivity index (χ0n) is 11.6. The maximum atomic E-state index is 10.8. The number of nitrogens with zero attached hydrogens (tertiary/aromatic N) is 3. The van der Waals surface area contributed by atoms with Gasteiger partial charge >= 0.3 is 5.97 Å². The van der Waals surface area contributed by atoms with Crippen LogP contribution in [0.5, 0.6) is 5.75 Å². The first kappa shape index (κ1) is 15.3. The summed E-state index contributed by atoms with van der Waals surface area (Å²) in [5, 5.41) is 17.0. The van der Waals surface area contributed by atoms with Gasteiger partial charge in [-0.05, 0) is 44.0 Å². The van der Waals surface area contributed by atoms with E-state index in [0.29, 0.717) is 23.9 Å². The molecular formula is C14H16ClN3O3. The van der Waals surface area contributed by atoms with Gasteiger partial charge in [0.25, 0.3) is 0 Å². The van der Waals surface area contributed by atoms with Crippen LogP contribution in [-0.2, 0) is 6.54 Å². The summed E-state index contributed by atoms with van der Waals surface area (Å²) in [7, 11) is 0. The summed E-state index contributed by atoms with van der Waals surface area (Å²) in [5.41, 5.74) is 0.577. The van der Waals surface area contributed by atoms with Crippen molar-refractivity contribution in [3.8, 4) is 5.75 Å². The molecule has 1 heterocycles. The van der Waals surface area contributed by atoms with E-state index in [1.165, 1.54) is 0 Å². The van der Waals surface area contributed by atoms with Crippen LogP contribution in [0.1, 0.15) is 29.0 Å². The Hall–Kier alpha value is -2.08. The first-order valence-corrected chi connectivity index (χ1v) is 6.97. The van der Waals surface area contributed by atoms with Gasteiger partial charge in [-0.3, -0.25) is 0 Å². The van der Waals surface area contributed by atoms with Crippen LogP contribution in [0.4, 0.5) is 0 Å². The predicted molar refractivity (Wildman–Crippen MR) is 77.9 cm³/mol. The van der Waals surface area contributed by atoms with Crippen LogP contribution in [0.25, 0.3) is 0 Å². The molecule has 0 aliphatic rings. The van der Waals surface area contributed by atoms with Crippen molar-refractivity contribution in [3.63, 3.8) is 0 Å². The molecule has 1 aromatic heterocycles. The van der Waals surface area contributed by atoms with Gasteiger partial charge in [0.1, 0.15) is 5.75 Å². The van der Waals surface area contributed by atoms with E-state index < -0.39 is 5.97 Å². The average molecular weight is 310 g/mol. The number of carboxylic acid groups (broad SMARTS) is 1. The van der Waals surface area contributed by atoms with Gasteiger partial charge in [0.05, 0.1) is 12.3 Å². The Morgan fingerprint density at radius 3 is 2.67 bits per heavy atom. The van der Waals surface area contributed by atoms with Crippen LogP contribution < -0.4 is 4.74 Å². The van der Waals surface area contributed by atoms with E-state index in [9.17, 15) is 4.79 Å². The zero-order chi connectivity index (χ0) is 15.2. The molecule has 2 aromatic rings. The number of aromatic carboxylic acids is 1. The lowest BCUT2D eigenvalue weighted by Gasteiger charge is -2.06. The second-order valence-electron chi connectivity index (χ2n) is 4.56. The molecule has 0 amide bonds. The molecule has 0 saturated carbocycles. The number of benzene rings is 1. The third kappa shape index (κ3) is 4.19. The Balaban J connectivity index is 1.72. The lowest BCUT2D eigenvalue weighted by molar-refractivity contribution is 0.0689. The molecule has 7 heteroatoms. The molecule has 0 atom stereocenters. The molecule has 0 aliphatic heterocycles. The van der Waals surface area contributed by atoms with Gasteiger partial charge in [-0.2, -0.15) is 0 Å². The summed E-state index contributed by atoms with van der Waals surface area (Å²) < 4.78 is 7.18. The predicted octanol–water partition coefficient (Wildman–Crippen LogP) is 2.80. The van der Waals surface area contributed by atoms with Gasteiger partial charge < -0.3 is 9.84 Å². The highest BCUT2D eigenvalue weighted by molar-refractivity contribution is 6.30. The highest BCUT2D eigenvalue weighted by Gasteiger charge is 2.14. The van der Waals surface area contributed by atoms with Gasteiger partial charge in [0.15, 0.2) is 5.69 Å². The molecule has 0 bridgehead atoms. The quantitative estimate of drug-likeness (QED) is 0.796. The Labute approximate surface area is 127 Å². The van der Waals surface area contributed by atoms with E-state index >= 15 is 0 Å². The van der Waals surface area contributed by atoms with Crippen molar-refractivity contribution in [1.82, 2.24) is 15.0 Å². The highest BCUT2D eigenvalue weighted by atomic mass is 35.5. The molecule has 0 fully saturated rings. The standard InChI is InChI=1S/C14H16ClN3O3/c1-10-13(14(19)20)16-17-18(10)8-2-3-9-21-12-6-4-11(15)5-7-12/h4-7H,2-3,8-9H2,1H3,(H,19,20). The fourth-order valence-corrected chi connectivity index (χ4v) is 1.98. The zero-order valence-corrected chi connectivity index (χ0v) is 12.4. The molecule has 112 valence electrons. The average Bonchev–Trinajstić information content (AvgIpc) is 2.82. The number of aryl methyl sites for hydroxylation is 1. The summed E-state index contributed by atoms with van der Waals surface area (Å²) in [6.07, 6.45) is 1.67. The number of halogens is 1. The van der Waals surface area contributed by atoms with E-state index in [4.69, 9.17) is 21.4 Å². The minimum Gasteiger partial charge on any atom is -0.494 e. The maximum Gasteiger partial charge on any atom is 0.358 e. The number of hydrogen-bond acceptors (Lipinski definition) is 4. The molecule has 0 unspecified atom stereocenters. The molecule has 6 nitrogen and oxygen atoms in total. The first-order chi connectivity index (χ1) is 10.1. The molecule has 0 saturated heterocycles. The summed E-state index contributed by atoms with van der Waals surface area (Å²) in [6, 6.07) is 7.21. The lowest BCUT2D eigenvalue weighted by atomic mass is 10.3. The molecule has 2 rings (SSSR count). The Kier molecular flexibility index (Phi) is 5.16. The van der Waals surface area contributed by atoms with Crippen LogP contribution >= 0.6 is 11.6 Å². The van der Waals surface area contributed by atoms with Crippen LogP contribution in [0.2, 0.25) is 5.02 Å². The first-order valence-electron chi connectivity index (χ1n) is 6.59. The van der Waals surface area contributed by atoms with Gasteiger partial charge in [-0.25, -0.2) is 9.48 Å². The summed E-state index contributed by atoms with van der Waals surface area (Å²) in [6.45, 7) is 2.91. The van der Waals surface area contributed by atoms with Crippen molar-refractivity contribution < 1.29 is 14.6 Å². The van der Waals surface area contributed by atoms with Crippen molar-refractivity contribution in [3.05, 3.63) is 40.7 Å². The Morgan fingerprint density at radius 2 is 2.05 bits per heavy atom. The summed E-state index contributed by atoms with van der Waals surface area (Å²) in [4.78, 5) is 10.8. The van der Waals surface area contributed by atoms with E-state index in [-0.39, 0.29) is 5.69 Å². The van der Waals surface area contributed by atoms with Crippen molar-refractivity contribution in [1.29, 1.82) is 0 Å². The van der Waals surface area contributed by atoms with Gasteiger partial charge in [-0.15, -0.1) is 5.10 Å². The van der Waals surface area contributed by atoms with E-state index in [2.05, 4.69) is 10.3 Å². The molecule has 1 aromatic carbocycles. The number of ether oxygens (including phenoxy) is 1. The van der Waals surface area contributed by atoms with Gasteiger partial charge in [0, 0.05) is 11.6 Å². The summed E-state index contributed by atoms with van der Waals surface area (Å²) in [5.74, 6) is -0.269. The number of unbranched alkanes of at least 4 members (excludes halogenated alkanes) is 1. The fourth-order valence-electron chi connectivity index (χ4n) is 1.85. The summed E-state index contributed by atoms with van der Waals surface area (Å²) >= 11 is 5.79. The van der Waals surface area contributed by atoms with Crippen LogP contribution in [0.3, 0.4) is 0 Å². The normalized spacial score (nSPS) is 10.6. The van der Waals surface area contributed by atoms with E-state index in [1.54, 1.807) is 23.7 Å². The largest absolute Gasteiger partial charge is 0.494 e. The van der Waals surface area contributed by atoms with E-state index in [0.717, 1.165) is 18.6 Å². The second-order valence-corrected chi connectivity index (χ2v) is 5.00. The number of aromatic nitrogens is 3.